The highest BCUT2D eigenvalue weighted by molar-refractivity contribution is 6.08. The van der Waals surface area contributed by atoms with E-state index >= 15 is 0 Å². The van der Waals surface area contributed by atoms with Gasteiger partial charge < -0.3 is 10.6 Å². The second kappa shape index (κ2) is 9.81. The van der Waals surface area contributed by atoms with Gasteiger partial charge in [0.05, 0.1) is 0 Å². The van der Waals surface area contributed by atoms with Gasteiger partial charge in [-0.3, -0.25) is 15.0 Å². The Morgan fingerprint density at radius 3 is 2.32 bits per heavy atom. The molecule has 0 aromatic heterocycles. The van der Waals surface area contributed by atoms with Crippen LogP contribution in [0.4, 0.5) is 4.79 Å². The van der Waals surface area contributed by atoms with E-state index < -0.39 is 11.6 Å². The average Bonchev–Trinajstić information content (AvgIpc) is 2.93. The van der Waals surface area contributed by atoms with Crippen LogP contribution in [0.5, 0.6) is 0 Å². The maximum absolute atomic E-state index is 12.8. The Morgan fingerprint density at radius 1 is 1.10 bits per heavy atom. The van der Waals surface area contributed by atoms with E-state index in [9.17, 15) is 14.4 Å². The lowest BCUT2D eigenvalue weighted by molar-refractivity contribution is -0.692. The number of carbonyl (C=O) groups is 3. The minimum absolute atomic E-state index is 0.117. The van der Waals surface area contributed by atoms with Crippen LogP contribution in [0.25, 0.3) is 0 Å². The molecule has 170 valence electrons. The Morgan fingerprint density at radius 2 is 1.74 bits per heavy atom. The number of rotatable bonds is 8. The van der Waals surface area contributed by atoms with Gasteiger partial charge in [0.1, 0.15) is 11.6 Å². The summed E-state index contributed by atoms with van der Waals surface area (Å²) in [6, 6.07) is 8.20. The van der Waals surface area contributed by atoms with Crippen LogP contribution in [0.1, 0.15) is 77.0 Å². The van der Waals surface area contributed by atoms with Crippen LogP contribution in [0.3, 0.4) is 0 Å². The molecular weight excluding hydrogens is 392 g/mol. The standard InChI is InChI=1S/C24H36N4O3/c1-16(2)14-18-8-10-19(11-9-18)21(17(3)4)25-15-20(29)27-28-22(30)24(26-23(28)31)12-6-5-7-13-24/h8-11,16-17,21,25H,5-7,12-15H2,1-4H3,(H,26,31)(H,27,29)/p+1/t21-/m1/s1. The van der Waals surface area contributed by atoms with Crippen molar-refractivity contribution in [2.45, 2.75) is 77.8 Å². The molecule has 1 heterocycles. The molecule has 2 fully saturated rings. The first kappa shape index (κ1) is 23.3. The zero-order chi connectivity index (χ0) is 22.6. The number of benzene rings is 1. The van der Waals surface area contributed by atoms with Crippen LogP contribution in [-0.2, 0) is 16.0 Å². The zero-order valence-corrected chi connectivity index (χ0v) is 19.2. The van der Waals surface area contributed by atoms with Crippen molar-refractivity contribution in [2.75, 3.05) is 6.54 Å². The molecule has 7 heteroatoms. The Balaban J connectivity index is 1.58. The van der Waals surface area contributed by atoms with E-state index in [-0.39, 0.29) is 24.4 Å². The Kier molecular flexibility index (Phi) is 7.36. The quantitative estimate of drug-likeness (QED) is 0.554. The number of hydrazine groups is 1. The topological polar surface area (TPSA) is 95.1 Å². The lowest BCUT2D eigenvalue weighted by atomic mass is 9.82. The molecule has 7 nitrogen and oxygen atoms in total. The molecule has 1 aromatic rings. The summed E-state index contributed by atoms with van der Waals surface area (Å²) in [6.45, 7) is 8.81. The molecular formula is C24H37N4O3+. The van der Waals surface area contributed by atoms with Crippen molar-refractivity contribution in [1.82, 2.24) is 15.8 Å². The van der Waals surface area contributed by atoms with Crippen molar-refractivity contribution in [1.29, 1.82) is 0 Å². The molecule has 4 N–H and O–H groups in total. The monoisotopic (exact) mass is 429 g/mol. The SMILES string of the molecule is CC(C)Cc1ccc([C@H]([NH2+]CC(=O)NN2C(=O)NC3(CCCCC3)C2=O)C(C)C)cc1. The van der Waals surface area contributed by atoms with Crippen molar-refractivity contribution >= 4 is 17.8 Å². The molecule has 1 aromatic carbocycles. The Labute approximate surface area is 185 Å². The summed E-state index contributed by atoms with van der Waals surface area (Å²) in [7, 11) is 0. The number of amides is 4. The van der Waals surface area contributed by atoms with Gasteiger partial charge in [-0.15, -0.1) is 0 Å². The van der Waals surface area contributed by atoms with Crippen LogP contribution >= 0.6 is 0 Å². The maximum atomic E-state index is 12.8. The average molecular weight is 430 g/mol. The van der Waals surface area contributed by atoms with Crippen molar-refractivity contribution in [3.05, 3.63) is 35.4 Å². The third-order valence-corrected chi connectivity index (χ3v) is 6.39. The first-order chi connectivity index (χ1) is 14.7. The lowest BCUT2D eigenvalue weighted by Gasteiger charge is -2.30. The van der Waals surface area contributed by atoms with Crippen LogP contribution < -0.4 is 16.1 Å². The smallest absolute Gasteiger partial charge is 0.332 e. The number of nitrogens with one attached hydrogen (secondary N) is 2. The van der Waals surface area contributed by atoms with Gasteiger partial charge in [-0.2, -0.15) is 5.01 Å². The molecule has 4 amide bonds. The maximum Gasteiger partial charge on any atom is 0.344 e. The number of imide groups is 1. The number of hydrogen-bond donors (Lipinski definition) is 3. The second-order valence-corrected chi connectivity index (χ2v) is 9.80. The summed E-state index contributed by atoms with van der Waals surface area (Å²) < 4.78 is 0. The van der Waals surface area contributed by atoms with Crippen molar-refractivity contribution in [3.8, 4) is 0 Å². The highest BCUT2D eigenvalue weighted by atomic mass is 16.2. The molecule has 1 atom stereocenters. The first-order valence-corrected chi connectivity index (χ1v) is 11.6. The van der Waals surface area contributed by atoms with Crippen LogP contribution in [0, 0.1) is 11.8 Å². The number of nitrogens with two attached hydrogens (primary N) is 1. The zero-order valence-electron chi connectivity index (χ0n) is 19.2. The van der Waals surface area contributed by atoms with Gasteiger partial charge in [0.15, 0.2) is 6.54 Å². The fourth-order valence-corrected chi connectivity index (χ4v) is 4.76. The fraction of sp³-hybridized carbons (Fsp3) is 0.625. The van der Waals surface area contributed by atoms with E-state index in [1.54, 1.807) is 0 Å². The highest BCUT2D eigenvalue weighted by Gasteiger charge is 2.52. The number of hydrogen-bond acceptors (Lipinski definition) is 3. The number of nitrogens with zero attached hydrogens (tertiary/aromatic N) is 1. The van der Waals surface area contributed by atoms with E-state index in [0.717, 1.165) is 30.7 Å². The number of urea groups is 1. The van der Waals surface area contributed by atoms with Gasteiger partial charge in [-0.05, 0) is 30.7 Å². The molecule has 2 aliphatic rings. The third-order valence-electron chi connectivity index (χ3n) is 6.39. The van der Waals surface area contributed by atoms with E-state index in [0.29, 0.717) is 24.7 Å². The molecule has 0 bridgehead atoms. The molecule has 1 aliphatic heterocycles. The van der Waals surface area contributed by atoms with E-state index in [2.05, 4.69) is 62.7 Å². The highest BCUT2D eigenvalue weighted by Crippen LogP contribution is 2.32. The summed E-state index contributed by atoms with van der Waals surface area (Å²) in [6.07, 6.45) is 5.21. The van der Waals surface area contributed by atoms with Crippen molar-refractivity contribution in [3.63, 3.8) is 0 Å². The minimum Gasteiger partial charge on any atom is -0.332 e. The first-order valence-electron chi connectivity index (χ1n) is 11.6. The van der Waals surface area contributed by atoms with Crippen molar-refractivity contribution < 1.29 is 19.7 Å². The lowest BCUT2D eigenvalue weighted by Crippen LogP contribution is -2.88. The van der Waals surface area contributed by atoms with E-state index in [4.69, 9.17) is 0 Å². The normalized spacial score (nSPS) is 19.2. The van der Waals surface area contributed by atoms with Crippen LogP contribution in [-0.4, -0.2) is 34.9 Å². The summed E-state index contributed by atoms with van der Waals surface area (Å²) in [5, 5.41) is 5.67. The molecule has 1 saturated carbocycles. The summed E-state index contributed by atoms with van der Waals surface area (Å²) in [5.41, 5.74) is 4.19. The van der Waals surface area contributed by atoms with Gasteiger partial charge in [0, 0.05) is 11.5 Å². The molecule has 1 aliphatic carbocycles. The molecule has 31 heavy (non-hydrogen) atoms. The Hall–Kier alpha value is -2.41. The van der Waals surface area contributed by atoms with Crippen molar-refractivity contribution in [2.24, 2.45) is 11.8 Å². The van der Waals surface area contributed by atoms with Gasteiger partial charge in [0.25, 0.3) is 11.8 Å². The molecule has 0 unspecified atom stereocenters. The van der Waals surface area contributed by atoms with Gasteiger partial charge in [-0.1, -0.05) is 71.2 Å². The third kappa shape index (κ3) is 5.45. The predicted molar refractivity (Wildman–Crippen MR) is 119 cm³/mol. The molecule has 3 rings (SSSR count). The van der Waals surface area contributed by atoms with Crippen LogP contribution in [0.15, 0.2) is 24.3 Å². The van der Waals surface area contributed by atoms with Gasteiger partial charge in [0.2, 0.25) is 0 Å². The largest absolute Gasteiger partial charge is 0.344 e. The number of quaternary nitrogens is 1. The van der Waals surface area contributed by atoms with Gasteiger partial charge in [-0.25, -0.2) is 4.79 Å². The summed E-state index contributed by atoms with van der Waals surface area (Å²) in [4.78, 5) is 37.7. The minimum atomic E-state index is -0.829. The molecule has 0 radical (unpaired) electrons. The van der Waals surface area contributed by atoms with Crippen LogP contribution in [0.2, 0.25) is 0 Å². The number of carbonyl (C=O) groups excluding carboxylic acids is 3. The van der Waals surface area contributed by atoms with E-state index in [1.807, 2.05) is 5.32 Å². The predicted octanol–water partition coefficient (Wildman–Crippen LogP) is 2.43. The van der Waals surface area contributed by atoms with Gasteiger partial charge >= 0.3 is 6.03 Å². The Bertz CT molecular complexity index is 798. The molecule has 1 spiro atoms. The fourth-order valence-electron chi connectivity index (χ4n) is 4.76. The summed E-state index contributed by atoms with van der Waals surface area (Å²) in [5.74, 6) is 0.261. The molecule has 1 saturated heterocycles. The van der Waals surface area contributed by atoms with E-state index in [1.165, 1.54) is 11.1 Å². The second-order valence-electron chi connectivity index (χ2n) is 9.80. The summed E-state index contributed by atoms with van der Waals surface area (Å²) >= 11 is 0.